The highest BCUT2D eigenvalue weighted by Gasteiger charge is 1.98. The number of amides is 1. The molecule has 0 radical (unpaired) electrons. The molecule has 0 aromatic rings. The third-order valence-electron chi connectivity index (χ3n) is 1.52. The molecule has 0 bridgehead atoms. The zero-order chi connectivity index (χ0) is 13.4. The first kappa shape index (κ1) is 20.8. The van der Waals surface area contributed by atoms with Crippen LogP contribution in [0.25, 0.3) is 0 Å². The van der Waals surface area contributed by atoms with Crippen molar-refractivity contribution in [2.24, 2.45) is 5.92 Å². The molecule has 0 aromatic carbocycles. The standard InChI is InChI=1S/C9H19NO.C3H8.C2H6/c1-4-5-9(11)10-7-6-8(2)3;1-3-2;1-2/h8H,4-7H2,1-3H3,(H,10,11);3H2,1-2H3;1-2H3. The summed E-state index contributed by atoms with van der Waals surface area (Å²) in [5, 5.41) is 2.88. The summed E-state index contributed by atoms with van der Waals surface area (Å²) in [5.74, 6) is 0.866. The second-order valence-electron chi connectivity index (χ2n) is 3.99. The van der Waals surface area contributed by atoms with Gasteiger partial charge in [0.25, 0.3) is 0 Å². The van der Waals surface area contributed by atoms with Gasteiger partial charge in [0, 0.05) is 13.0 Å². The second-order valence-corrected chi connectivity index (χ2v) is 3.99. The topological polar surface area (TPSA) is 29.1 Å². The van der Waals surface area contributed by atoms with E-state index >= 15 is 0 Å². The first-order valence-corrected chi connectivity index (χ1v) is 6.85. The molecule has 16 heavy (non-hydrogen) atoms. The lowest BCUT2D eigenvalue weighted by Gasteiger charge is -2.05. The average Bonchev–Trinajstić information content (AvgIpc) is 2.22. The molecule has 0 aliphatic carbocycles. The van der Waals surface area contributed by atoms with Gasteiger partial charge in [-0.15, -0.1) is 0 Å². The highest BCUT2D eigenvalue weighted by molar-refractivity contribution is 5.75. The molecule has 0 rings (SSSR count). The minimum Gasteiger partial charge on any atom is -0.356 e. The van der Waals surface area contributed by atoms with Gasteiger partial charge < -0.3 is 5.32 Å². The lowest BCUT2D eigenvalue weighted by atomic mass is 10.1. The van der Waals surface area contributed by atoms with Gasteiger partial charge in [-0.2, -0.15) is 0 Å². The highest BCUT2D eigenvalue weighted by Crippen LogP contribution is 1.96. The summed E-state index contributed by atoms with van der Waals surface area (Å²) in [4.78, 5) is 10.9. The number of hydrogen-bond acceptors (Lipinski definition) is 1. The number of hydrogen-bond donors (Lipinski definition) is 1. The molecule has 0 aliphatic heterocycles. The third-order valence-corrected chi connectivity index (χ3v) is 1.52. The maximum atomic E-state index is 10.9. The fourth-order valence-electron chi connectivity index (χ4n) is 0.816. The fraction of sp³-hybridized carbons (Fsp3) is 0.929. The van der Waals surface area contributed by atoms with E-state index in [9.17, 15) is 4.79 Å². The Balaban J connectivity index is -0.000000289. The molecule has 2 nitrogen and oxygen atoms in total. The van der Waals surface area contributed by atoms with Crippen LogP contribution in [0.5, 0.6) is 0 Å². The molecule has 100 valence electrons. The Morgan fingerprint density at radius 3 is 1.88 bits per heavy atom. The molecule has 0 saturated heterocycles. The summed E-state index contributed by atoms with van der Waals surface area (Å²) < 4.78 is 0. The van der Waals surface area contributed by atoms with Crippen molar-refractivity contribution >= 4 is 5.91 Å². The maximum Gasteiger partial charge on any atom is 0.219 e. The first-order valence-electron chi connectivity index (χ1n) is 6.85. The molecule has 0 saturated carbocycles. The Bertz CT molecular complexity index is 122. The lowest BCUT2D eigenvalue weighted by Crippen LogP contribution is -2.24. The highest BCUT2D eigenvalue weighted by atomic mass is 16.1. The number of carbonyl (C=O) groups excluding carboxylic acids is 1. The van der Waals surface area contributed by atoms with Crippen LogP contribution in [-0.4, -0.2) is 12.5 Å². The van der Waals surface area contributed by atoms with Gasteiger partial charge in [-0.25, -0.2) is 0 Å². The van der Waals surface area contributed by atoms with Crippen molar-refractivity contribution in [1.82, 2.24) is 5.32 Å². The summed E-state index contributed by atoms with van der Waals surface area (Å²) in [6.45, 7) is 15.4. The van der Waals surface area contributed by atoms with Gasteiger partial charge in [-0.3, -0.25) is 4.79 Å². The maximum absolute atomic E-state index is 10.9. The van der Waals surface area contributed by atoms with E-state index in [0.29, 0.717) is 12.3 Å². The van der Waals surface area contributed by atoms with E-state index < -0.39 is 0 Å². The number of rotatable bonds is 5. The molecule has 0 spiro atoms. The first-order chi connectivity index (χ1) is 7.58. The van der Waals surface area contributed by atoms with Crippen LogP contribution in [0.4, 0.5) is 0 Å². The fourth-order valence-corrected chi connectivity index (χ4v) is 0.816. The Morgan fingerprint density at radius 1 is 1.12 bits per heavy atom. The second kappa shape index (κ2) is 20.0. The van der Waals surface area contributed by atoms with Crippen LogP contribution in [0, 0.1) is 5.92 Å². The quantitative estimate of drug-likeness (QED) is 0.747. The van der Waals surface area contributed by atoms with E-state index in [1.807, 2.05) is 20.8 Å². The molecule has 2 heteroatoms. The molecule has 0 aliphatic rings. The van der Waals surface area contributed by atoms with Gasteiger partial charge in [0.05, 0.1) is 0 Å². The molecular formula is C14H33NO. The van der Waals surface area contributed by atoms with Crippen LogP contribution >= 0.6 is 0 Å². The van der Waals surface area contributed by atoms with Gasteiger partial charge in [0.1, 0.15) is 0 Å². The van der Waals surface area contributed by atoms with Crippen LogP contribution < -0.4 is 5.32 Å². The van der Waals surface area contributed by atoms with E-state index in [-0.39, 0.29) is 5.91 Å². The van der Waals surface area contributed by atoms with Crippen LogP contribution in [0.15, 0.2) is 0 Å². The smallest absolute Gasteiger partial charge is 0.219 e. The van der Waals surface area contributed by atoms with E-state index in [1.165, 1.54) is 6.42 Å². The van der Waals surface area contributed by atoms with Crippen molar-refractivity contribution in [3.05, 3.63) is 0 Å². The van der Waals surface area contributed by atoms with Crippen molar-refractivity contribution in [2.45, 2.75) is 74.1 Å². The molecule has 1 amide bonds. The Morgan fingerprint density at radius 2 is 1.56 bits per heavy atom. The van der Waals surface area contributed by atoms with E-state index in [2.05, 4.69) is 33.0 Å². The van der Waals surface area contributed by atoms with Crippen molar-refractivity contribution in [3.63, 3.8) is 0 Å². The van der Waals surface area contributed by atoms with Crippen molar-refractivity contribution in [2.75, 3.05) is 6.54 Å². The number of carbonyl (C=O) groups is 1. The molecule has 1 N–H and O–H groups in total. The van der Waals surface area contributed by atoms with Crippen LogP contribution in [-0.2, 0) is 4.79 Å². The van der Waals surface area contributed by atoms with E-state index in [1.54, 1.807) is 0 Å². The Labute approximate surface area is 103 Å². The summed E-state index contributed by atoms with van der Waals surface area (Å²) in [6, 6.07) is 0. The average molecular weight is 231 g/mol. The predicted molar refractivity (Wildman–Crippen MR) is 74.7 cm³/mol. The molecule has 0 heterocycles. The normalized spacial score (nSPS) is 8.50. The SMILES string of the molecule is CC.CCC.CCCC(=O)NCCC(C)C. The largest absolute Gasteiger partial charge is 0.356 e. The van der Waals surface area contributed by atoms with Crippen LogP contribution in [0.1, 0.15) is 74.1 Å². The van der Waals surface area contributed by atoms with E-state index in [4.69, 9.17) is 0 Å². The van der Waals surface area contributed by atoms with Crippen molar-refractivity contribution < 1.29 is 4.79 Å². The van der Waals surface area contributed by atoms with Crippen molar-refractivity contribution in [3.8, 4) is 0 Å². The Kier molecular flexibility index (Phi) is 26.0. The van der Waals surface area contributed by atoms with Gasteiger partial charge in [-0.1, -0.05) is 54.9 Å². The molecule has 0 unspecified atom stereocenters. The van der Waals surface area contributed by atoms with E-state index in [0.717, 1.165) is 19.4 Å². The zero-order valence-corrected chi connectivity index (χ0v) is 12.5. The molecular weight excluding hydrogens is 198 g/mol. The minimum absolute atomic E-state index is 0.188. The van der Waals surface area contributed by atoms with Gasteiger partial charge in [0.15, 0.2) is 0 Å². The summed E-state index contributed by atoms with van der Waals surface area (Å²) >= 11 is 0. The summed E-state index contributed by atoms with van der Waals surface area (Å²) in [5.41, 5.74) is 0. The molecule has 0 aromatic heterocycles. The molecule has 0 fully saturated rings. The van der Waals surface area contributed by atoms with Gasteiger partial charge in [-0.05, 0) is 18.8 Å². The Hall–Kier alpha value is -0.530. The van der Waals surface area contributed by atoms with Gasteiger partial charge in [0.2, 0.25) is 5.91 Å². The summed E-state index contributed by atoms with van der Waals surface area (Å²) in [7, 11) is 0. The minimum atomic E-state index is 0.188. The number of nitrogens with one attached hydrogen (secondary N) is 1. The third kappa shape index (κ3) is 29.2. The lowest BCUT2D eigenvalue weighted by molar-refractivity contribution is -0.121. The monoisotopic (exact) mass is 231 g/mol. The van der Waals surface area contributed by atoms with Crippen LogP contribution in [0.2, 0.25) is 0 Å². The van der Waals surface area contributed by atoms with Gasteiger partial charge >= 0.3 is 0 Å². The molecule has 0 atom stereocenters. The van der Waals surface area contributed by atoms with Crippen LogP contribution in [0.3, 0.4) is 0 Å². The van der Waals surface area contributed by atoms with Crippen molar-refractivity contribution in [1.29, 1.82) is 0 Å². The summed E-state index contributed by atoms with van der Waals surface area (Å²) in [6.07, 6.45) is 3.93. The zero-order valence-electron chi connectivity index (χ0n) is 12.5. The predicted octanol–water partition coefficient (Wildman–Crippen LogP) is 4.39.